The summed E-state index contributed by atoms with van der Waals surface area (Å²) >= 11 is 1.57. The first kappa shape index (κ1) is 6.54. The van der Waals surface area contributed by atoms with Gasteiger partial charge in [-0.2, -0.15) is 0 Å². The molecule has 0 saturated carbocycles. The van der Waals surface area contributed by atoms with Gasteiger partial charge in [0.05, 0.1) is 0 Å². The van der Waals surface area contributed by atoms with E-state index in [0.29, 0.717) is 0 Å². The second kappa shape index (κ2) is 3.45. The number of thioether (sulfide) groups is 1. The van der Waals surface area contributed by atoms with E-state index in [1.165, 1.54) is 0 Å². The van der Waals surface area contributed by atoms with Crippen molar-refractivity contribution in [1.29, 1.82) is 0 Å². The van der Waals surface area contributed by atoms with Crippen LogP contribution in [0.4, 0.5) is 0 Å². The van der Waals surface area contributed by atoms with Gasteiger partial charge in [0, 0.05) is 5.75 Å². The summed E-state index contributed by atoms with van der Waals surface area (Å²) in [6.45, 7) is 3.68. The summed E-state index contributed by atoms with van der Waals surface area (Å²) in [6.07, 6.45) is 0.894. The highest BCUT2D eigenvalue weighted by atomic mass is 32.2. The summed E-state index contributed by atoms with van der Waals surface area (Å²) in [6, 6.07) is 0. The smallest absolute Gasteiger partial charge is 0.206 e. The van der Waals surface area contributed by atoms with Crippen molar-refractivity contribution in [3.8, 4) is 0 Å². The number of aromatic amines is 1. The lowest BCUT2D eigenvalue weighted by atomic mass is 10.6. The molecule has 5 heteroatoms. The van der Waals surface area contributed by atoms with E-state index in [9.17, 15) is 0 Å². The molecule has 0 aromatic carbocycles. The maximum Gasteiger partial charge on any atom is 0.206 e. The van der Waals surface area contributed by atoms with Gasteiger partial charge >= 0.3 is 0 Å². The summed E-state index contributed by atoms with van der Waals surface area (Å²) in [5, 5.41) is 13.9. The molecular weight excluding hydrogens is 136 g/mol. The number of hydrogen-bond acceptors (Lipinski definition) is 4. The first-order valence-corrected chi connectivity index (χ1v) is 3.58. The van der Waals surface area contributed by atoms with Crippen LogP contribution in [-0.2, 0) is 0 Å². The van der Waals surface area contributed by atoms with E-state index in [4.69, 9.17) is 0 Å². The van der Waals surface area contributed by atoms with Crippen LogP contribution < -0.4 is 0 Å². The normalized spacial score (nSPS) is 9.89. The second-order valence-electron chi connectivity index (χ2n) is 1.41. The Bertz CT molecular complexity index is 150. The molecule has 0 aliphatic rings. The molecule has 0 amide bonds. The maximum absolute atomic E-state index is 3.68. The SMILES string of the molecule is [CH2]CCSc1nnn[nH]1. The molecule has 0 aliphatic heterocycles. The third kappa shape index (κ3) is 2.01. The topological polar surface area (TPSA) is 54.5 Å². The highest BCUT2D eigenvalue weighted by Gasteiger charge is 1.93. The fraction of sp³-hybridized carbons (Fsp3) is 0.500. The molecule has 0 fully saturated rings. The Labute approximate surface area is 57.4 Å². The quantitative estimate of drug-likeness (QED) is 0.626. The van der Waals surface area contributed by atoms with Crippen molar-refractivity contribution in [3.05, 3.63) is 6.92 Å². The summed E-state index contributed by atoms with van der Waals surface area (Å²) in [4.78, 5) is 0. The van der Waals surface area contributed by atoms with Crippen LogP contribution >= 0.6 is 11.8 Å². The van der Waals surface area contributed by atoms with Crippen molar-refractivity contribution in [3.63, 3.8) is 0 Å². The fourth-order valence-electron chi connectivity index (χ4n) is 0.380. The minimum Gasteiger partial charge on any atom is -0.234 e. The molecule has 1 radical (unpaired) electrons. The summed E-state index contributed by atoms with van der Waals surface area (Å²) in [7, 11) is 0. The average molecular weight is 143 g/mol. The van der Waals surface area contributed by atoms with Crippen molar-refractivity contribution in [2.24, 2.45) is 0 Å². The van der Waals surface area contributed by atoms with Crippen LogP contribution in [0.5, 0.6) is 0 Å². The summed E-state index contributed by atoms with van der Waals surface area (Å²) < 4.78 is 0. The van der Waals surface area contributed by atoms with Crippen LogP contribution in [0.25, 0.3) is 0 Å². The molecular formula is C4H7N4S. The van der Waals surface area contributed by atoms with Gasteiger partial charge in [0.15, 0.2) is 0 Å². The summed E-state index contributed by atoms with van der Waals surface area (Å²) in [5.74, 6) is 0.955. The van der Waals surface area contributed by atoms with Crippen LogP contribution in [0.1, 0.15) is 6.42 Å². The standard InChI is InChI=1S/C4H7N4S/c1-2-3-9-4-5-7-8-6-4/h1-3H2,(H,5,6,7,8). The van der Waals surface area contributed by atoms with E-state index in [1.54, 1.807) is 11.8 Å². The van der Waals surface area contributed by atoms with Gasteiger partial charge in [-0.25, -0.2) is 5.10 Å². The Hall–Kier alpha value is -0.580. The molecule has 0 atom stereocenters. The van der Waals surface area contributed by atoms with Gasteiger partial charge in [-0.1, -0.05) is 18.7 Å². The van der Waals surface area contributed by atoms with E-state index in [-0.39, 0.29) is 0 Å². The van der Waals surface area contributed by atoms with Crippen LogP contribution in [-0.4, -0.2) is 26.4 Å². The van der Waals surface area contributed by atoms with Crippen molar-refractivity contribution < 1.29 is 0 Å². The number of aromatic nitrogens is 4. The number of nitrogens with zero attached hydrogens (tertiary/aromatic N) is 3. The van der Waals surface area contributed by atoms with E-state index < -0.39 is 0 Å². The first-order chi connectivity index (χ1) is 4.43. The van der Waals surface area contributed by atoms with Crippen LogP contribution in [0.15, 0.2) is 5.16 Å². The largest absolute Gasteiger partial charge is 0.234 e. The number of hydrogen-bond donors (Lipinski definition) is 1. The number of nitrogens with one attached hydrogen (secondary N) is 1. The van der Waals surface area contributed by atoms with Gasteiger partial charge in [-0.15, -0.1) is 5.10 Å². The van der Waals surface area contributed by atoms with Crippen molar-refractivity contribution in [2.75, 3.05) is 5.75 Å². The van der Waals surface area contributed by atoms with Crippen LogP contribution in [0.3, 0.4) is 0 Å². The van der Waals surface area contributed by atoms with Crippen molar-refractivity contribution in [2.45, 2.75) is 11.6 Å². The van der Waals surface area contributed by atoms with E-state index >= 15 is 0 Å². The average Bonchev–Trinajstić information content (AvgIpc) is 2.34. The van der Waals surface area contributed by atoms with E-state index in [1.807, 2.05) is 0 Å². The second-order valence-corrected chi connectivity index (χ2v) is 2.49. The number of H-pyrrole nitrogens is 1. The molecule has 9 heavy (non-hydrogen) atoms. The zero-order chi connectivity index (χ0) is 6.53. The van der Waals surface area contributed by atoms with Gasteiger partial charge in [0.1, 0.15) is 0 Å². The van der Waals surface area contributed by atoms with Crippen LogP contribution in [0.2, 0.25) is 0 Å². The van der Waals surface area contributed by atoms with Gasteiger partial charge in [0.2, 0.25) is 5.16 Å². The van der Waals surface area contributed by atoms with Gasteiger partial charge < -0.3 is 0 Å². The predicted octanol–water partition coefficient (Wildman–Crippen LogP) is 0.516. The lowest BCUT2D eigenvalue weighted by molar-refractivity contribution is 0.881. The fourth-order valence-corrected chi connectivity index (χ4v) is 0.918. The molecule has 0 spiro atoms. The molecule has 1 heterocycles. The Balaban J connectivity index is 2.30. The third-order valence-electron chi connectivity index (χ3n) is 0.709. The maximum atomic E-state index is 3.68. The highest BCUT2D eigenvalue weighted by Crippen LogP contribution is 2.09. The Morgan fingerprint density at radius 3 is 3.11 bits per heavy atom. The minimum absolute atomic E-state index is 0.763. The molecule has 0 bridgehead atoms. The Morgan fingerprint density at radius 2 is 2.56 bits per heavy atom. The van der Waals surface area contributed by atoms with Gasteiger partial charge in [-0.3, -0.25) is 0 Å². The Kier molecular flexibility index (Phi) is 2.50. The molecule has 49 valence electrons. The van der Waals surface area contributed by atoms with Crippen molar-refractivity contribution >= 4 is 11.8 Å². The minimum atomic E-state index is 0.763. The highest BCUT2D eigenvalue weighted by molar-refractivity contribution is 7.99. The molecule has 4 nitrogen and oxygen atoms in total. The molecule has 1 aromatic rings. The van der Waals surface area contributed by atoms with E-state index in [0.717, 1.165) is 17.3 Å². The molecule has 0 aliphatic carbocycles. The molecule has 1 aromatic heterocycles. The van der Waals surface area contributed by atoms with Gasteiger partial charge in [0.25, 0.3) is 0 Å². The lowest BCUT2D eigenvalue weighted by Gasteiger charge is -1.87. The summed E-state index contributed by atoms with van der Waals surface area (Å²) in [5.41, 5.74) is 0. The number of rotatable bonds is 3. The number of tetrazole rings is 1. The van der Waals surface area contributed by atoms with Crippen molar-refractivity contribution in [1.82, 2.24) is 20.6 Å². The zero-order valence-electron chi connectivity index (χ0n) is 4.87. The molecule has 1 N–H and O–H groups in total. The first-order valence-electron chi connectivity index (χ1n) is 2.59. The Morgan fingerprint density at radius 1 is 1.67 bits per heavy atom. The molecule has 0 unspecified atom stereocenters. The van der Waals surface area contributed by atoms with Gasteiger partial charge in [-0.05, 0) is 16.8 Å². The van der Waals surface area contributed by atoms with E-state index in [2.05, 4.69) is 27.5 Å². The lowest BCUT2D eigenvalue weighted by Crippen LogP contribution is -1.77. The third-order valence-corrected chi connectivity index (χ3v) is 1.65. The molecule has 1 rings (SSSR count). The monoisotopic (exact) mass is 143 g/mol. The predicted molar refractivity (Wildman–Crippen MR) is 34.9 cm³/mol. The van der Waals surface area contributed by atoms with Crippen LogP contribution in [0, 0.1) is 6.92 Å². The molecule has 0 saturated heterocycles. The zero-order valence-corrected chi connectivity index (χ0v) is 5.69.